The van der Waals surface area contributed by atoms with Gasteiger partial charge in [-0.05, 0) is 43.9 Å². The van der Waals surface area contributed by atoms with Crippen LogP contribution in [0.3, 0.4) is 0 Å². The van der Waals surface area contributed by atoms with E-state index in [1.54, 1.807) is 11.8 Å². The van der Waals surface area contributed by atoms with Crippen molar-refractivity contribution in [2.24, 2.45) is 0 Å². The fourth-order valence-electron chi connectivity index (χ4n) is 3.87. The largest absolute Gasteiger partial charge is 0.493 e. The zero-order valence-electron chi connectivity index (χ0n) is 17.4. The van der Waals surface area contributed by atoms with Crippen LogP contribution in [0.5, 0.6) is 5.75 Å². The van der Waals surface area contributed by atoms with E-state index in [0.29, 0.717) is 19.0 Å². The first kappa shape index (κ1) is 21.4. The first-order chi connectivity index (χ1) is 14.6. The van der Waals surface area contributed by atoms with Crippen LogP contribution in [0.2, 0.25) is 0 Å². The molecule has 8 heteroatoms. The third-order valence-corrected chi connectivity index (χ3v) is 6.84. The van der Waals surface area contributed by atoms with Gasteiger partial charge in [0.2, 0.25) is 11.1 Å². The van der Waals surface area contributed by atoms with E-state index < -0.39 is 0 Å². The molecule has 160 valence electrons. The summed E-state index contributed by atoms with van der Waals surface area (Å²) in [4.78, 5) is 17.8. The zero-order chi connectivity index (χ0) is 21.1. The minimum Gasteiger partial charge on any atom is -0.493 e. The molecule has 1 aliphatic heterocycles. The first-order valence-electron chi connectivity index (χ1n) is 10.7. The second-order valence-corrected chi connectivity index (χ2v) is 9.57. The Bertz CT molecular complexity index is 972. The molecule has 1 aliphatic carbocycles. The van der Waals surface area contributed by atoms with Crippen molar-refractivity contribution in [2.45, 2.75) is 63.6 Å². The molecule has 2 aromatic rings. The van der Waals surface area contributed by atoms with Gasteiger partial charge in [0, 0.05) is 33.5 Å². The summed E-state index contributed by atoms with van der Waals surface area (Å²) >= 11 is 5.25. The van der Waals surface area contributed by atoms with Crippen LogP contribution < -0.4 is 10.1 Å². The number of halogens is 1. The molecular weight excluding hydrogens is 464 g/mol. The van der Waals surface area contributed by atoms with Gasteiger partial charge in [-0.2, -0.15) is 4.98 Å². The molecule has 0 amide bonds. The lowest BCUT2D eigenvalue weighted by Crippen LogP contribution is -2.31. The van der Waals surface area contributed by atoms with E-state index in [1.165, 1.54) is 0 Å². The van der Waals surface area contributed by atoms with Gasteiger partial charge in [-0.1, -0.05) is 48.0 Å². The number of ketones is 1. The number of carbonyl (C=O) groups excluding carboxylic acids is 1. The maximum absolute atomic E-state index is 13.0. The Morgan fingerprint density at radius 1 is 1.30 bits per heavy atom. The highest BCUT2D eigenvalue weighted by molar-refractivity contribution is 9.10. The lowest BCUT2D eigenvalue weighted by molar-refractivity contribution is -0.116. The van der Waals surface area contributed by atoms with Gasteiger partial charge in [0.25, 0.3) is 0 Å². The monoisotopic (exact) mass is 490 g/mol. The van der Waals surface area contributed by atoms with Crippen molar-refractivity contribution in [3.63, 3.8) is 0 Å². The Morgan fingerprint density at radius 2 is 2.17 bits per heavy atom. The molecule has 0 fully saturated rings. The number of unbranched alkanes of at least 4 members (excludes halogenated alkanes) is 1. The number of benzene rings is 1. The summed E-state index contributed by atoms with van der Waals surface area (Å²) < 4.78 is 8.97. The summed E-state index contributed by atoms with van der Waals surface area (Å²) in [5.41, 5.74) is 2.72. The number of carbonyl (C=O) groups is 1. The normalized spacial score (nSPS) is 18.1. The minimum atomic E-state index is -0.332. The summed E-state index contributed by atoms with van der Waals surface area (Å²) in [5, 5.41) is 8.92. The van der Waals surface area contributed by atoms with Crippen LogP contribution in [0.4, 0.5) is 5.95 Å². The summed E-state index contributed by atoms with van der Waals surface area (Å²) in [7, 11) is 0. The fraction of sp³-hybridized carbons (Fsp3) is 0.500. The number of rotatable bonds is 8. The highest BCUT2D eigenvalue weighted by atomic mass is 79.9. The van der Waals surface area contributed by atoms with Crippen molar-refractivity contribution in [2.75, 3.05) is 17.7 Å². The van der Waals surface area contributed by atoms with Gasteiger partial charge in [0.1, 0.15) is 11.8 Å². The third-order valence-electron chi connectivity index (χ3n) is 5.31. The lowest BCUT2D eigenvalue weighted by atomic mass is 9.85. The van der Waals surface area contributed by atoms with Gasteiger partial charge in [-0.3, -0.25) is 4.79 Å². The molecule has 1 atom stereocenters. The fourth-order valence-corrected chi connectivity index (χ4v) is 4.93. The van der Waals surface area contributed by atoms with Crippen LogP contribution >= 0.6 is 27.7 Å². The van der Waals surface area contributed by atoms with Gasteiger partial charge < -0.3 is 10.1 Å². The Balaban J connectivity index is 1.82. The Kier molecular flexibility index (Phi) is 6.83. The average molecular weight is 491 g/mol. The molecule has 0 saturated heterocycles. The summed E-state index contributed by atoms with van der Waals surface area (Å²) in [5.74, 6) is 2.64. The lowest BCUT2D eigenvalue weighted by Gasteiger charge is -2.33. The Morgan fingerprint density at radius 3 is 2.97 bits per heavy atom. The predicted octanol–water partition coefficient (Wildman–Crippen LogP) is 5.74. The number of nitrogens with zero attached hydrogens (tertiary/aromatic N) is 3. The van der Waals surface area contributed by atoms with Gasteiger partial charge in [-0.15, -0.1) is 5.10 Å². The highest BCUT2D eigenvalue weighted by Gasteiger charge is 2.38. The van der Waals surface area contributed by atoms with E-state index in [9.17, 15) is 4.79 Å². The molecule has 1 aromatic heterocycles. The van der Waals surface area contributed by atoms with Crippen LogP contribution in [0.25, 0.3) is 0 Å². The predicted molar refractivity (Wildman–Crippen MR) is 123 cm³/mol. The molecule has 30 heavy (non-hydrogen) atoms. The number of anilines is 1. The van der Waals surface area contributed by atoms with Crippen molar-refractivity contribution in [3.05, 3.63) is 39.5 Å². The van der Waals surface area contributed by atoms with Crippen molar-refractivity contribution in [3.8, 4) is 5.75 Å². The summed E-state index contributed by atoms with van der Waals surface area (Å²) in [6, 6.07) is 5.68. The summed E-state index contributed by atoms with van der Waals surface area (Å²) in [6.07, 6.45) is 5.39. The smallest absolute Gasteiger partial charge is 0.227 e. The Hall–Kier alpha value is -1.80. The van der Waals surface area contributed by atoms with E-state index >= 15 is 0 Å². The number of hydrogen-bond acceptors (Lipinski definition) is 6. The molecule has 1 unspecified atom stereocenters. The maximum atomic E-state index is 13.0. The average Bonchev–Trinajstić information content (AvgIpc) is 3.14. The topological polar surface area (TPSA) is 69.0 Å². The van der Waals surface area contributed by atoms with Gasteiger partial charge >= 0.3 is 0 Å². The standard InChI is InChI=1S/C22H27BrN4O2S/c1-3-5-11-29-18-10-9-14(23)13-15(18)20-19-16(7-6-8-17(19)28)24-21-25-22(26-27(20)21)30-12-4-2/h9-10,13,20H,3-8,11-12H2,1-2H3,(H,24,25,26). The SMILES string of the molecule is CCCCOc1ccc(Br)cc1C1C2=C(CCCC2=O)Nc2nc(SCCC)nn21. The minimum absolute atomic E-state index is 0.178. The highest BCUT2D eigenvalue weighted by Crippen LogP contribution is 2.44. The molecule has 1 aromatic carbocycles. The number of nitrogens with one attached hydrogen (secondary N) is 1. The van der Waals surface area contributed by atoms with Gasteiger partial charge in [-0.25, -0.2) is 4.68 Å². The third kappa shape index (κ3) is 4.30. The van der Waals surface area contributed by atoms with E-state index in [0.717, 1.165) is 70.1 Å². The second-order valence-electron chi connectivity index (χ2n) is 7.59. The van der Waals surface area contributed by atoms with Gasteiger partial charge in [0.05, 0.1) is 6.61 Å². The molecule has 0 spiro atoms. The quantitative estimate of drug-likeness (QED) is 0.375. The van der Waals surface area contributed by atoms with Crippen LogP contribution in [-0.4, -0.2) is 32.9 Å². The molecule has 2 heterocycles. The molecule has 2 aliphatic rings. The number of thioether (sulfide) groups is 1. The molecular formula is C22H27BrN4O2S. The number of aromatic nitrogens is 3. The number of fused-ring (bicyclic) bond motifs is 1. The van der Waals surface area contributed by atoms with E-state index in [-0.39, 0.29) is 11.8 Å². The molecule has 0 bridgehead atoms. The maximum Gasteiger partial charge on any atom is 0.227 e. The summed E-state index contributed by atoms with van der Waals surface area (Å²) in [6.45, 7) is 4.94. The van der Waals surface area contributed by atoms with Crippen LogP contribution in [0, 0.1) is 0 Å². The molecule has 1 N–H and O–H groups in total. The molecule has 0 radical (unpaired) electrons. The van der Waals surface area contributed by atoms with Gasteiger partial charge in [0.15, 0.2) is 5.78 Å². The molecule has 4 rings (SSSR count). The van der Waals surface area contributed by atoms with E-state index in [2.05, 4.69) is 35.1 Å². The molecule has 0 saturated carbocycles. The first-order valence-corrected chi connectivity index (χ1v) is 12.4. The van der Waals surface area contributed by atoms with Crippen LogP contribution in [-0.2, 0) is 4.79 Å². The van der Waals surface area contributed by atoms with Crippen molar-refractivity contribution in [1.82, 2.24) is 14.8 Å². The van der Waals surface area contributed by atoms with E-state index in [4.69, 9.17) is 14.8 Å². The van der Waals surface area contributed by atoms with E-state index in [1.807, 2.05) is 22.9 Å². The van der Waals surface area contributed by atoms with Crippen molar-refractivity contribution >= 4 is 39.4 Å². The second kappa shape index (κ2) is 9.56. The molecule has 6 nitrogen and oxygen atoms in total. The number of Topliss-reactive ketones (excluding diaryl/α,β-unsaturated/α-hetero) is 1. The van der Waals surface area contributed by atoms with Crippen LogP contribution in [0.1, 0.15) is 64.0 Å². The number of hydrogen-bond donors (Lipinski definition) is 1. The Labute approximate surface area is 190 Å². The zero-order valence-corrected chi connectivity index (χ0v) is 19.8. The number of ether oxygens (including phenoxy) is 1. The van der Waals surface area contributed by atoms with Crippen molar-refractivity contribution in [1.29, 1.82) is 0 Å². The van der Waals surface area contributed by atoms with Crippen molar-refractivity contribution < 1.29 is 9.53 Å². The van der Waals surface area contributed by atoms with Crippen LogP contribution in [0.15, 0.2) is 39.1 Å². The number of allylic oxidation sites excluding steroid dienone is 2.